The Morgan fingerprint density at radius 1 is 1.39 bits per heavy atom. The SMILES string of the molecule is Cn1cc(C(=O)N2CCOc3ccccc32)cn1. The van der Waals surface area contributed by atoms with Crippen LogP contribution in [0.2, 0.25) is 0 Å². The number of carbonyl (C=O) groups excluding carboxylic acids is 1. The third kappa shape index (κ3) is 1.73. The Morgan fingerprint density at radius 3 is 3.00 bits per heavy atom. The zero-order valence-electron chi connectivity index (χ0n) is 10.0. The third-order valence-corrected chi connectivity index (χ3v) is 2.93. The molecule has 1 amide bonds. The molecule has 5 heteroatoms. The van der Waals surface area contributed by atoms with Crippen LogP contribution in [0.3, 0.4) is 0 Å². The molecule has 1 aliphatic heterocycles. The maximum atomic E-state index is 12.4. The second-order valence-corrected chi connectivity index (χ2v) is 4.18. The van der Waals surface area contributed by atoms with Gasteiger partial charge in [0.05, 0.1) is 24.0 Å². The number of amides is 1. The van der Waals surface area contributed by atoms with E-state index in [1.165, 1.54) is 0 Å². The van der Waals surface area contributed by atoms with E-state index in [-0.39, 0.29) is 5.91 Å². The summed E-state index contributed by atoms with van der Waals surface area (Å²) in [6, 6.07) is 7.56. The highest BCUT2D eigenvalue weighted by Crippen LogP contribution is 2.31. The standard InChI is InChI=1S/C13H13N3O2/c1-15-9-10(8-14-15)13(17)16-6-7-18-12-5-3-2-4-11(12)16/h2-5,8-9H,6-7H2,1H3. The number of rotatable bonds is 1. The molecule has 0 N–H and O–H groups in total. The van der Waals surface area contributed by atoms with Gasteiger partial charge in [-0.2, -0.15) is 5.10 Å². The Hall–Kier alpha value is -2.30. The summed E-state index contributed by atoms with van der Waals surface area (Å²) in [6.45, 7) is 1.08. The van der Waals surface area contributed by atoms with Crippen molar-refractivity contribution in [3.8, 4) is 5.75 Å². The zero-order valence-corrected chi connectivity index (χ0v) is 10.0. The molecule has 2 heterocycles. The molecule has 2 aromatic rings. The lowest BCUT2D eigenvalue weighted by Crippen LogP contribution is -2.37. The van der Waals surface area contributed by atoms with Crippen LogP contribution in [0.4, 0.5) is 5.69 Å². The van der Waals surface area contributed by atoms with E-state index >= 15 is 0 Å². The minimum Gasteiger partial charge on any atom is -0.490 e. The van der Waals surface area contributed by atoms with Gasteiger partial charge in [-0.05, 0) is 12.1 Å². The second-order valence-electron chi connectivity index (χ2n) is 4.18. The van der Waals surface area contributed by atoms with E-state index in [4.69, 9.17) is 4.74 Å². The van der Waals surface area contributed by atoms with Crippen LogP contribution in [0.5, 0.6) is 5.75 Å². The molecule has 0 atom stereocenters. The largest absolute Gasteiger partial charge is 0.490 e. The van der Waals surface area contributed by atoms with Gasteiger partial charge in [0.2, 0.25) is 0 Å². The molecule has 5 nitrogen and oxygen atoms in total. The van der Waals surface area contributed by atoms with Gasteiger partial charge in [0.15, 0.2) is 0 Å². The molecular formula is C13H13N3O2. The molecular weight excluding hydrogens is 230 g/mol. The number of aromatic nitrogens is 2. The van der Waals surface area contributed by atoms with Crippen molar-refractivity contribution < 1.29 is 9.53 Å². The number of benzene rings is 1. The summed E-state index contributed by atoms with van der Waals surface area (Å²) in [5.41, 5.74) is 1.41. The highest BCUT2D eigenvalue weighted by molar-refractivity contribution is 6.06. The Labute approximate surface area is 105 Å². The Kier molecular flexibility index (Phi) is 2.51. The van der Waals surface area contributed by atoms with Gasteiger partial charge in [-0.15, -0.1) is 0 Å². The highest BCUT2D eigenvalue weighted by atomic mass is 16.5. The summed E-state index contributed by atoms with van der Waals surface area (Å²) < 4.78 is 7.15. The van der Waals surface area contributed by atoms with Gasteiger partial charge in [-0.3, -0.25) is 9.48 Å². The molecule has 18 heavy (non-hydrogen) atoms. The lowest BCUT2D eigenvalue weighted by Gasteiger charge is -2.29. The van der Waals surface area contributed by atoms with Crippen molar-refractivity contribution in [3.05, 3.63) is 42.2 Å². The van der Waals surface area contributed by atoms with Gasteiger partial charge >= 0.3 is 0 Å². The van der Waals surface area contributed by atoms with E-state index < -0.39 is 0 Å². The van der Waals surface area contributed by atoms with E-state index in [0.717, 1.165) is 11.4 Å². The predicted molar refractivity (Wildman–Crippen MR) is 66.8 cm³/mol. The van der Waals surface area contributed by atoms with Crippen LogP contribution in [-0.2, 0) is 7.05 Å². The van der Waals surface area contributed by atoms with Gasteiger partial charge in [0.25, 0.3) is 5.91 Å². The molecule has 92 valence electrons. The van der Waals surface area contributed by atoms with E-state index in [9.17, 15) is 4.79 Å². The number of hydrogen-bond acceptors (Lipinski definition) is 3. The molecule has 0 saturated carbocycles. The van der Waals surface area contributed by atoms with Crippen LogP contribution in [0.15, 0.2) is 36.7 Å². The van der Waals surface area contributed by atoms with Crippen molar-refractivity contribution in [2.24, 2.45) is 7.05 Å². The smallest absolute Gasteiger partial charge is 0.261 e. The number of carbonyl (C=O) groups is 1. The van der Waals surface area contributed by atoms with Crippen LogP contribution in [0, 0.1) is 0 Å². The van der Waals surface area contributed by atoms with Crippen molar-refractivity contribution in [3.63, 3.8) is 0 Å². The number of fused-ring (bicyclic) bond motifs is 1. The summed E-state index contributed by atoms with van der Waals surface area (Å²) in [5.74, 6) is 0.708. The first kappa shape index (κ1) is 10.8. The molecule has 1 aromatic carbocycles. The maximum absolute atomic E-state index is 12.4. The number of aryl methyl sites for hydroxylation is 1. The second kappa shape index (κ2) is 4.18. The van der Waals surface area contributed by atoms with Crippen molar-refractivity contribution in [2.45, 2.75) is 0 Å². The summed E-state index contributed by atoms with van der Waals surface area (Å²) in [7, 11) is 1.80. The maximum Gasteiger partial charge on any atom is 0.261 e. The van der Waals surface area contributed by atoms with E-state index in [0.29, 0.717) is 18.7 Å². The first-order chi connectivity index (χ1) is 8.75. The van der Waals surface area contributed by atoms with Crippen molar-refractivity contribution in [2.75, 3.05) is 18.1 Å². The summed E-state index contributed by atoms with van der Waals surface area (Å²) in [4.78, 5) is 14.1. The first-order valence-electron chi connectivity index (χ1n) is 5.78. The molecule has 0 bridgehead atoms. The van der Waals surface area contributed by atoms with Crippen LogP contribution in [0.1, 0.15) is 10.4 Å². The van der Waals surface area contributed by atoms with Crippen LogP contribution < -0.4 is 9.64 Å². The average molecular weight is 243 g/mol. The normalized spacial score (nSPS) is 13.9. The highest BCUT2D eigenvalue weighted by Gasteiger charge is 2.24. The van der Waals surface area contributed by atoms with Gasteiger partial charge in [0.1, 0.15) is 12.4 Å². The molecule has 1 aliphatic rings. The lowest BCUT2D eigenvalue weighted by atomic mass is 10.2. The topological polar surface area (TPSA) is 47.4 Å². The Balaban J connectivity index is 1.96. The third-order valence-electron chi connectivity index (χ3n) is 2.93. The summed E-state index contributed by atoms with van der Waals surface area (Å²) in [6.07, 6.45) is 3.31. The molecule has 0 aliphatic carbocycles. The molecule has 0 saturated heterocycles. The molecule has 0 spiro atoms. The zero-order chi connectivity index (χ0) is 12.5. The van der Waals surface area contributed by atoms with Crippen LogP contribution in [0.25, 0.3) is 0 Å². The molecule has 1 aromatic heterocycles. The molecule has 0 fully saturated rings. The number of para-hydroxylation sites is 2. The fourth-order valence-electron chi connectivity index (χ4n) is 2.07. The summed E-state index contributed by atoms with van der Waals surface area (Å²) in [5, 5.41) is 4.03. The number of anilines is 1. The molecule has 0 unspecified atom stereocenters. The van der Waals surface area contributed by atoms with Crippen LogP contribution >= 0.6 is 0 Å². The predicted octanol–water partition coefficient (Wildman–Crippen LogP) is 1.46. The Morgan fingerprint density at radius 2 is 2.22 bits per heavy atom. The molecule has 0 radical (unpaired) electrons. The first-order valence-corrected chi connectivity index (χ1v) is 5.78. The summed E-state index contributed by atoms with van der Waals surface area (Å²) >= 11 is 0. The lowest BCUT2D eigenvalue weighted by molar-refractivity contribution is 0.0976. The number of hydrogen-bond donors (Lipinski definition) is 0. The van der Waals surface area contributed by atoms with Gasteiger partial charge in [0, 0.05) is 13.2 Å². The minimum atomic E-state index is -0.0427. The van der Waals surface area contributed by atoms with Crippen molar-refractivity contribution >= 4 is 11.6 Å². The Bertz CT molecular complexity index is 591. The monoisotopic (exact) mass is 243 g/mol. The fraction of sp³-hybridized carbons (Fsp3) is 0.231. The van der Waals surface area contributed by atoms with Crippen molar-refractivity contribution in [1.82, 2.24) is 9.78 Å². The van der Waals surface area contributed by atoms with Crippen LogP contribution in [-0.4, -0.2) is 28.8 Å². The quantitative estimate of drug-likeness (QED) is 0.761. The van der Waals surface area contributed by atoms with E-state index in [1.54, 1.807) is 29.0 Å². The number of nitrogens with zero attached hydrogens (tertiary/aromatic N) is 3. The van der Waals surface area contributed by atoms with Gasteiger partial charge in [-0.1, -0.05) is 12.1 Å². The van der Waals surface area contributed by atoms with E-state index in [2.05, 4.69) is 5.10 Å². The van der Waals surface area contributed by atoms with Crippen molar-refractivity contribution in [1.29, 1.82) is 0 Å². The molecule has 3 rings (SSSR count). The fourth-order valence-corrected chi connectivity index (χ4v) is 2.07. The average Bonchev–Trinajstić information content (AvgIpc) is 2.84. The van der Waals surface area contributed by atoms with Gasteiger partial charge in [-0.25, -0.2) is 0 Å². The van der Waals surface area contributed by atoms with E-state index in [1.807, 2.05) is 24.3 Å². The minimum absolute atomic E-state index is 0.0427. The number of ether oxygens (including phenoxy) is 1. The van der Waals surface area contributed by atoms with Gasteiger partial charge < -0.3 is 9.64 Å².